The molecule has 0 spiro atoms. The molecular weight excluding hydrogens is 290 g/mol. The predicted molar refractivity (Wildman–Crippen MR) is 80.5 cm³/mol. The molecule has 0 amide bonds. The second-order valence-electron chi connectivity index (χ2n) is 4.37. The van der Waals surface area contributed by atoms with Crippen molar-refractivity contribution < 1.29 is 13.5 Å². The van der Waals surface area contributed by atoms with Gasteiger partial charge in [-0.1, -0.05) is 12.1 Å². The Kier molecular flexibility index (Phi) is 5.02. The van der Waals surface area contributed by atoms with Gasteiger partial charge in [-0.05, 0) is 29.8 Å². The fourth-order valence-electron chi connectivity index (χ4n) is 1.64. The lowest BCUT2D eigenvalue weighted by molar-refractivity contribution is 0.304. The standard InChI is InChI=1S/C15H14F2N4O/c16-12-4-1-10(2-5-12)9-22-14-7-13(17)6-3-11(14)8-20-21-15(18)19/h1-8H,9H2,(H4,18,19,21). The van der Waals surface area contributed by atoms with Crippen molar-refractivity contribution in [1.29, 1.82) is 0 Å². The van der Waals surface area contributed by atoms with Crippen molar-refractivity contribution in [2.24, 2.45) is 21.7 Å². The summed E-state index contributed by atoms with van der Waals surface area (Å²) < 4.78 is 31.7. The van der Waals surface area contributed by atoms with Gasteiger partial charge in [0.05, 0.1) is 6.21 Å². The van der Waals surface area contributed by atoms with Crippen molar-refractivity contribution in [2.75, 3.05) is 0 Å². The third kappa shape index (κ3) is 4.55. The normalized spacial score (nSPS) is 10.6. The summed E-state index contributed by atoms with van der Waals surface area (Å²) in [7, 11) is 0. The largest absolute Gasteiger partial charge is 0.488 e. The van der Waals surface area contributed by atoms with E-state index in [1.807, 2.05) is 0 Å². The molecule has 0 aliphatic heterocycles. The highest BCUT2D eigenvalue weighted by molar-refractivity contribution is 5.84. The van der Waals surface area contributed by atoms with Crippen LogP contribution in [0.1, 0.15) is 11.1 Å². The van der Waals surface area contributed by atoms with Crippen LogP contribution in [-0.4, -0.2) is 12.2 Å². The molecule has 0 heterocycles. The van der Waals surface area contributed by atoms with Gasteiger partial charge in [0.1, 0.15) is 24.0 Å². The van der Waals surface area contributed by atoms with E-state index in [4.69, 9.17) is 16.2 Å². The van der Waals surface area contributed by atoms with Crippen LogP contribution in [0, 0.1) is 11.6 Å². The first-order valence-electron chi connectivity index (χ1n) is 6.33. The van der Waals surface area contributed by atoms with Crippen LogP contribution in [0.2, 0.25) is 0 Å². The van der Waals surface area contributed by atoms with E-state index in [0.717, 1.165) is 5.56 Å². The zero-order chi connectivity index (χ0) is 15.9. The van der Waals surface area contributed by atoms with E-state index in [-0.39, 0.29) is 24.1 Å². The molecule has 114 valence electrons. The van der Waals surface area contributed by atoms with Crippen molar-refractivity contribution in [3.05, 3.63) is 65.2 Å². The number of nitrogens with zero attached hydrogens (tertiary/aromatic N) is 2. The number of hydrogen-bond acceptors (Lipinski definition) is 3. The minimum Gasteiger partial charge on any atom is -0.488 e. The molecule has 0 radical (unpaired) electrons. The lowest BCUT2D eigenvalue weighted by atomic mass is 10.2. The van der Waals surface area contributed by atoms with Gasteiger partial charge in [-0.25, -0.2) is 8.78 Å². The number of hydrogen-bond donors (Lipinski definition) is 2. The molecule has 4 N–H and O–H groups in total. The van der Waals surface area contributed by atoms with Crippen LogP contribution in [0.3, 0.4) is 0 Å². The number of benzene rings is 2. The summed E-state index contributed by atoms with van der Waals surface area (Å²) in [6.45, 7) is 0.160. The quantitative estimate of drug-likeness (QED) is 0.504. The van der Waals surface area contributed by atoms with E-state index >= 15 is 0 Å². The molecule has 5 nitrogen and oxygen atoms in total. The highest BCUT2D eigenvalue weighted by Gasteiger charge is 2.05. The van der Waals surface area contributed by atoms with Gasteiger partial charge in [-0.15, -0.1) is 5.10 Å². The lowest BCUT2D eigenvalue weighted by Crippen LogP contribution is -2.21. The van der Waals surface area contributed by atoms with Crippen molar-refractivity contribution in [3.8, 4) is 5.75 Å². The summed E-state index contributed by atoms with van der Waals surface area (Å²) in [5.41, 5.74) is 11.6. The number of rotatable bonds is 5. The summed E-state index contributed by atoms with van der Waals surface area (Å²) in [6.07, 6.45) is 1.35. The average Bonchev–Trinajstić information content (AvgIpc) is 2.48. The molecule has 0 fully saturated rings. The molecule has 0 aromatic heterocycles. The molecule has 7 heteroatoms. The molecule has 2 rings (SSSR count). The van der Waals surface area contributed by atoms with E-state index in [2.05, 4.69) is 10.2 Å². The fraction of sp³-hybridized carbons (Fsp3) is 0.0667. The Hall–Kier alpha value is -2.96. The number of nitrogens with two attached hydrogens (primary N) is 2. The predicted octanol–water partition coefficient (Wildman–Crippen LogP) is 2.15. The van der Waals surface area contributed by atoms with Crippen molar-refractivity contribution in [3.63, 3.8) is 0 Å². The van der Waals surface area contributed by atoms with Gasteiger partial charge in [-0.3, -0.25) is 0 Å². The van der Waals surface area contributed by atoms with Crippen molar-refractivity contribution >= 4 is 12.2 Å². The molecule has 0 bridgehead atoms. The maximum atomic E-state index is 13.3. The zero-order valence-electron chi connectivity index (χ0n) is 11.5. The van der Waals surface area contributed by atoms with Gasteiger partial charge < -0.3 is 16.2 Å². The first kappa shape index (κ1) is 15.4. The monoisotopic (exact) mass is 304 g/mol. The second kappa shape index (κ2) is 7.16. The summed E-state index contributed by atoms with van der Waals surface area (Å²) >= 11 is 0. The van der Waals surface area contributed by atoms with Crippen molar-refractivity contribution in [2.45, 2.75) is 6.61 Å². The molecule has 22 heavy (non-hydrogen) atoms. The Morgan fingerprint density at radius 2 is 1.73 bits per heavy atom. The first-order chi connectivity index (χ1) is 10.5. The lowest BCUT2D eigenvalue weighted by Gasteiger charge is -2.09. The molecule has 2 aromatic rings. The van der Waals surface area contributed by atoms with Crippen LogP contribution in [0.25, 0.3) is 0 Å². The summed E-state index contributed by atoms with van der Waals surface area (Å²) in [5.74, 6) is -0.696. The third-order valence-electron chi connectivity index (χ3n) is 2.65. The van der Waals surface area contributed by atoms with Gasteiger partial charge in [0, 0.05) is 11.6 Å². The van der Waals surface area contributed by atoms with Crippen molar-refractivity contribution in [1.82, 2.24) is 0 Å². The minimum absolute atomic E-state index is 0.160. The Bertz CT molecular complexity index is 695. The fourth-order valence-corrected chi connectivity index (χ4v) is 1.64. The molecule has 0 atom stereocenters. The van der Waals surface area contributed by atoms with E-state index in [1.54, 1.807) is 12.1 Å². The highest BCUT2D eigenvalue weighted by Crippen LogP contribution is 2.20. The third-order valence-corrected chi connectivity index (χ3v) is 2.65. The van der Waals surface area contributed by atoms with E-state index < -0.39 is 5.82 Å². The summed E-state index contributed by atoms with van der Waals surface area (Å²) in [6, 6.07) is 9.80. The number of guanidine groups is 1. The molecule has 2 aromatic carbocycles. The summed E-state index contributed by atoms with van der Waals surface area (Å²) in [5, 5.41) is 7.12. The first-order valence-corrected chi connectivity index (χ1v) is 6.33. The molecule has 0 saturated heterocycles. The van der Waals surface area contributed by atoms with Gasteiger partial charge in [0.2, 0.25) is 5.96 Å². The topological polar surface area (TPSA) is 86.0 Å². The van der Waals surface area contributed by atoms with E-state index in [9.17, 15) is 8.78 Å². The van der Waals surface area contributed by atoms with E-state index in [0.29, 0.717) is 5.56 Å². The Morgan fingerprint density at radius 1 is 1.05 bits per heavy atom. The van der Waals surface area contributed by atoms with Gasteiger partial charge in [0.15, 0.2) is 0 Å². The molecule has 0 aliphatic carbocycles. The SMILES string of the molecule is NC(N)=NN=Cc1ccc(F)cc1OCc1ccc(F)cc1. The van der Waals surface area contributed by atoms with Crippen LogP contribution in [-0.2, 0) is 6.61 Å². The van der Waals surface area contributed by atoms with Crippen LogP contribution in [0.5, 0.6) is 5.75 Å². The smallest absolute Gasteiger partial charge is 0.211 e. The van der Waals surface area contributed by atoms with Gasteiger partial charge in [0.25, 0.3) is 0 Å². The maximum absolute atomic E-state index is 13.3. The number of ether oxygens (including phenoxy) is 1. The second-order valence-corrected chi connectivity index (χ2v) is 4.37. The molecular formula is C15H14F2N4O. The zero-order valence-corrected chi connectivity index (χ0v) is 11.5. The van der Waals surface area contributed by atoms with Crippen LogP contribution >= 0.6 is 0 Å². The molecule has 0 saturated carbocycles. The maximum Gasteiger partial charge on any atom is 0.211 e. The highest BCUT2D eigenvalue weighted by atomic mass is 19.1. The van der Waals surface area contributed by atoms with Crippen LogP contribution in [0.15, 0.2) is 52.7 Å². The van der Waals surface area contributed by atoms with Gasteiger partial charge in [-0.2, -0.15) is 5.10 Å². The summed E-state index contributed by atoms with van der Waals surface area (Å²) in [4.78, 5) is 0. The Balaban J connectivity index is 2.14. The van der Waals surface area contributed by atoms with Crippen LogP contribution < -0.4 is 16.2 Å². The molecule has 0 unspecified atom stereocenters. The van der Waals surface area contributed by atoms with Gasteiger partial charge >= 0.3 is 0 Å². The number of halogens is 2. The molecule has 0 aliphatic rings. The Labute approximate surface area is 125 Å². The minimum atomic E-state index is -0.451. The van der Waals surface area contributed by atoms with E-state index in [1.165, 1.54) is 36.5 Å². The Morgan fingerprint density at radius 3 is 2.41 bits per heavy atom. The van der Waals surface area contributed by atoms with Crippen LogP contribution in [0.4, 0.5) is 8.78 Å². The average molecular weight is 304 g/mol.